The average Bonchev–Trinajstić information content (AvgIpc) is 3.24. The smallest absolute Gasteiger partial charge is 0.328 e. The van der Waals surface area contributed by atoms with Gasteiger partial charge in [-0.25, -0.2) is 14.6 Å². The molecule has 9 heteroatoms. The number of rotatable bonds is 4. The quantitative estimate of drug-likeness (QED) is 0.636. The highest BCUT2D eigenvalue weighted by Gasteiger charge is 2.29. The summed E-state index contributed by atoms with van der Waals surface area (Å²) in [7, 11) is 2.05. The van der Waals surface area contributed by atoms with Gasteiger partial charge in [0.2, 0.25) is 0 Å². The zero-order valence-corrected chi connectivity index (χ0v) is 16.6. The molecular formula is C21H22N4O5. The molecule has 2 aromatic heterocycles. The van der Waals surface area contributed by atoms with Crippen molar-refractivity contribution >= 4 is 28.7 Å². The maximum Gasteiger partial charge on any atom is 0.328 e. The minimum absolute atomic E-state index is 0.117. The van der Waals surface area contributed by atoms with E-state index in [1.165, 1.54) is 0 Å². The first-order valence-corrected chi connectivity index (χ1v) is 9.26. The summed E-state index contributed by atoms with van der Waals surface area (Å²) < 4.78 is 4.16. The Balaban J connectivity index is 0.000000275. The highest BCUT2D eigenvalue weighted by atomic mass is 16.4. The maximum absolute atomic E-state index is 13.0. The number of imidazole rings is 1. The number of carboxylic acids is 2. The van der Waals surface area contributed by atoms with Gasteiger partial charge in [0.1, 0.15) is 5.82 Å². The summed E-state index contributed by atoms with van der Waals surface area (Å²) in [6.07, 6.45) is 5.69. The van der Waals surface area contributed by atoms with Gasteiger partial charge in [-0.15, -0.1) is 0 Å². The lowest BCUT2D eigenvalue weighted by molar-refractivity contribution is -0.134. The number of carbonyl (C=O) groups is 3. The largest absolute Gasteiger partial charge is 0.478 e. The number of aliphatic carboxylic acids is 2. The predicted molar refractivity (Wildman–Crippen MR) is 109 cm³/mol. The molecule has 9 nitrogen and oxygen atoms in total. The molecule has 0 unspecified atom stereocenters. The van der Waals surface area contributed by atoms with E-state index in [4.69, 9.17) is 10.2 Å². The van der Waals surface area contributed by atoms with Crippen LogP contribution >= 0.6 is 0 Å². The zero-order chi connectivity index (χ0) is 21.8. The molecule has 0 fully saturated rings. The van der Waals surface area contributed by atoms with E-state index in [2.05, 4.69) is 15.6 Å². The molecule has 30 heavy (non-hydrogen) atoms. The molecular weight excluding hydrogens is 388 g/mol. The molecule has 1 amide bonds. The first-order valence-electron chi connectivity index (χ1n) is 9.26. The molecule has 0 atom stereocenters. The normalized spacial score (nSPS) is 13.3. The number of amides is 1. The van der Waals surface area contributed by atoms with E-state index in [1.54, 1.807) is 6.20 Å². The second-order valence-electron chi connectivity index (χ2n) is 6.81. The third-order valence-corrected chi connectivity index (χ3v) is 4.96. The summed E-state index contributed by atoms with van der Waals surface area (Å²) in [5.74, 6) is -1.47. The van der Waals surface area contributed by atoms with Crippen molar-refractivity contribution in [1.29, 1.82) is 0 Å². The first kappa shape index (κ1) is 20.8. The Morgan fingerprint density at radius 3 is 2.43 bits per heavy atom. The molecule has 1 aliphatic heterocycles. The summed E-state index contributed by atoms with van der Waals surface area (Å²) in [6, 6.07) is 8.13. The summed E-state index contributed by atoms with van der Waals surface area (Å²) in [4.78, 5) is 38.2. The minimum Gasteiger partial charge on any atom is -0.478 e. The van der Waals surface area contributed by atoms with Crippen molar-refractivity contribution in [2.45, 2.75) is 20.0 Å². The van der Waals surface area contributed by atoms with E-state index in [9.17, 15) is 14.4 Å². The Bertz CT molecular complexity index is 1130. The molecule has 156 valence electrons. The zero-order valence-electron chi connectivity index (χ0n) is 16.6. The lowest BCUT2D eigenvalue weighted by atomic mass is 10.0. The highest BCUT2D eigenvalue weighted by Crippen LogP contribution is 2.30. The van der Waals surface area contributed by atoms with E-state index in [0.717, 1.165) is 41.0 Å². The van der Waals surface area contributed by atoms with E-state index in [1.807, 2.05) is 47.8 Å². The summed E-state index contributed by atoms with van der Waals surface area (Å²) >= 11 is 0. The monoisotopic (exact) mass is 410 g/mol. The first-order chi connectivity index (χ1) is 14.3. The van der Waals surface area contributed by atoms with Crippen LogP contribution in [-0.2, 0) is 29.7 Å². The molecule has 3 heterocycles. The van der Waals surface area contributed by atoms with Gasteiger partial charge < -0.3 is 24.2 Å². The maximum atomic E-state index is 13.0. The second-order valence-corrected chi connectivity index (χ2v) is 6.81. The van der Waals surface area contributed by atoms with Crippen LogP contribution in [0.25, 0.3) is 10.9 Å². The Morgan fingerprint density at radius 1 is 1.17 bits per heavy atom. The number of fused-ring (bicyclic) bond motifs is 3. The van der Waals surface area contributed by atoms with Crippen molar-refractivity contribution in [2.75, 3.05) is 6.54 Å². The van der Waals surface area contributed by atoms with Crippen LogP contribution in [0, 0.1) is 6.92 Å². The van der Waals surface area contributed by atoms with Gasteiger partial charge in [-0.05, 0) is 13.0 Å². The molecule has 4 rings (SSSR count). The molecule has 0 aliphatic carbocycles. The SMILES string of the molecule is Cc1nccn1CN1CCc2c(c3ccccc3n2C)C1=O.O=C(O)/C=C\C(=O)O. The molecule has 2 N–H and O–H groups in total. The molecule has 1 aromatic carbocycles. The van der Waals surface area contributed by atoms with Crippen molar-refractivity contribution in [1.82, 2.24) is 19.0 Å². The molecule has 1 aliphatic rings. The molecule has 0 saturated heterocycles. The van der Waals surface area contributed by atoms with Gasteiger partial charge in [0.05, 0.1) is 12.2 Å². The molecule has 0 radical (unpaired) electrons. The van der Waals surface area contributed by atoms with E-state index >= 15 is 0 Å². The lowest BCUT2D eigenvalue weighted by Gasteiger charge is -2.28. The Morgan fingerprint density at radius 2 is 1.83 bits per heavy atom. The van der Waals surface area contributed by atoms with Gasteiger partial charge in [0, 0.05) is 61.2 Å². The van der Waals surface area contributed by atoms with E-state index in [0.29, 0.717) is 18.8 Å². The average molecular weight is 410 g/mol. The summed E-state index contributed by atoms with van der Waals surface area (Å²) in [5.41, 5.74) is 3.13. The number of hydrogen-bond donors (Lipinski definition) is 2. The molecule has 0 bridgehead atoms. The fraction of sp³-hybridized carbons (Fsp3) is 0.238. The number of carboxylic acid groups (broad SMARTS) is 2. The highest BCUT2D eigenvalue weighted by molar-refractivity contribution is 6.09. The molecule has 0 spiro atoms. The van der Waals surface area contributed by atoms with Crippen molar-refractivity contribution in [2.24, 2.45) is 7.05 Å². The number of hydrogen-bond acceptors (Lipinski definition) is 4. The van der Waals surface area contributed by atoms with Crippen LogP contribution in [0.4, 0.5) is 0 Å². The van der Waals surface area contributed by atoms with Crippen LogP contribution in [-0.4, -0.2) is 53.6 Å². The Kier molecular flexibility index (Phi) is 6.01. The van der Waals surface area contributed by atoms with Gasteiger partial charge in [-0.1, -0.05) is 18.2 Å². The Labute approximate surface area is 172 Å². The van der Waals surface area contributed by atoms with Crippen LogP contribution in [0.5, 0.6) is 0 Å². The number of nitrogens with zero attached hydrogens (tertiary/aromatic N) is 4. The molecule has 0 saturated carbocycles. The Hall–Kier alpha value is -3.88. The van der Waals surface area contributed by atoms with Crippen molar-refractivity contribution in [3.05, 3.63) is 65.9 Å². The fourth-order valence-corrected chi connectivity index (χ4v) is 3.49. The lowest BCUT2D eigenvalue weighted by Crippen LogP contribution is -2.39. The van der Waals surface area contributed by atoms with Gasteiger partial charge in [0.15, 0.2) is 0 Å². The predicted octanol–water partition coefficient (Wildman–Crippen LogP) is 2.05. The number of aryl methyl sites for hydroxylation is 2. The van der Waals surface area contributed by atoms with Crippen LogP contribution in [0.15, 0.2) is 48.8 Å². The van der Waals surface area contributed by atoms with Crippen LogP contribution in [0.2, 0.25) is 0 Å². The number of benzene rings is 1. The molecule has 3 aromatic rings. The van der Waals surface area contributed by atoms with E-state index in [-0.39, 0.29) is 5.91 Å². The summed E-state index contributed by atoms with van der Waals surface area (Å²) in [5, 5.41) is 16.7. The van der Waals surface area contributed by atoms with Crippen LogP contribution < -0.4 is 0 Å². The van der Waals surface area contributed by atoms with Crippen LogP contribution in [0.3, 0.4) is 0 Å². The standard InChI is InChI=1S/C17H18N4O.C4H4O4/c1-12-18-8-10-20(12)11-21-9-7-15-16(17(21)22)13-5-3-4-6-14(13)19(15)2;5-3(6)1-2-4(7)8/h3-6,8,10H,7,9,11H2,1-2H3;1-2H,(H,5,6)(H,7,8)/b;2-1-. The van der Waals surface area contributed by atoms with Crippen LogP contribution in [0.1, 0.15) is 21.9 Å². The van der Waals surface area contributed by atoms with Gasteiger partial charge >= 0.3 is 11.9 Å². The van der Waals surface area contributed by atoms with Gasteiger partial charge in [-0.3, -0.25) is 4.79 Å². The minimum atomic E-state index is -1.26. The van der Waals surface area contributed by atoms with E-state index < -0.39 is 11.9 Å². The third-order valence-electron chi connectivity index (χ3n) is 4.96. The second kappa shape index (κ2) is 8.64. The number of carbonyl (C=O) groups excluding carboxylic acids is 1. The summed E-state index contributed by atoms with van der Waals surface area (Å²) in [6.45, 7) is 3.26. The van der Waals surface area contributed by atoms with Crippen molar-refractivity contribution < 1.29 is 24.6 Å². The topological polar surface area (TPSA) is 118 Å². The fourth-order valence-electron chi connectivity index (χ4n) is 3.49. The van der Waals surface area contributed by atoms with Gasteiger partial charge in [0.25, 0.3) is 5.91 Å². The number of para-hydroxylation sites is 1. The van der Waals surface area contributed by atoms with Crippen molar-refractivity contribution in [3.8, 4) is 0 Å². The number of aromatic nitrogens is 3. The van der Waals surface area contributed by atoms with Gasteiger partial charge in [-0.2, -0.15) is 0 Å². The third kappa shape index (κ3) is 4.24. The van der Waals surface area contributed by atoms with Crippen molar-refractivity contribution in [3.63, 3.8) is 0 Å².